The van der Waals surface area contributed by atoms with Gasteiger partial charge in [-0.2, -0.15) is 22.0 Å². The standard InChI is InChI=1S/C18H17F7O3/c1-16(2)9(5-6-18(23,24)25)17(16,3)15(26)28-14-12(21)10(19)8(7-27-4)11(20)13(14)22/h5-6,9H,7H2,1-4H3/b6-5-. The molecule has 2 atom stereocenters. The molecule has 0 radical (unpaired) electrons. The fraction of sp³-hybridized carbons (Fsp3) is 0.500. The first-order valence-corrected chi connectivity index (χ1v) is 8.02. The maximum Gasteiger partial charge on any atom is 0.409 e. The summed E-state index contributed by atoms with van der Waals surface area (Å²) in [4.78, 5) is 12.4. The first-order valence-electron chi connectivity index (χ1n) is 8.02. The normalized spacial score (nSPS) is 23.9. The topological polar surface area (TPSA) is 35.5 Å². The molecule has 0 aliphatic heterocycles. The van der Waals surface area contributed by atoms with E-state index in [1.165, 1.54) is 20.8 Å². The van der Waals surface area contributed by atoms with E-state index in [2.05, 4.69) is 9.47 Å². The van der Waals surface area contributed by atoms with Crippen LogP contribution in [-0.4, -0.2) is 19.3 Å². The number of halogens is 7. The number of allylic oxidation sites excluding steroid dienone is 2. The second-order valence-electron chi connectivity index (χ2n) is 7.19. The van der Waals surface area contributed by atoms with Crippen LogP contribution in [0, 0.1) is 40.0 Å². The van der Waals surface area contributed by atoms with Gasteiger partial charge in [0.1, 0.15) is 0 Å². The minimum absolute atomic E-state index is 0.0575. The molecule has 0 heterocycles. The van der Waals surface area contributed by atoms with Gasteiger partial charge < -0.3 is 9.47 Å². The van der Waals surface area contributed by atoms with Gasteiger partial charge in [-0.25, -0.2) is 8.78 Å². The van der Waals surface area contributed by atoms with E-state index in [1.54, 1.807) is 0 Å². The van der Waals surface area contributed by atoms with Crippen molar-refractivity contribution < 1.29 is 45.0 Å². The average molecular weight is 414 g/mol. The lowest BCUT2D eigenvalue weighted by molar-refractivity contribution is -0.141. The van der Waals surface area contributed by atoms with E-state index < -0.39 is 70.1 Å². The summed E-state index contributed by atoms with van der Waals surface area (Å²) in [5, 5.41) is 0. The number of carbonyl (C=O) groups is 1. The van der Waals surface area contributed by atoms with Gasteiger partial charge in [-0.1, -0.05) is 19.9 Å². The zero-order valence-corrected chi connectivity index (χ0v) is 15.3. The van der Waals surface area contributed by atoms with Gasteiger partial charge in [0.05, 0.1) is 17.6 Å². The monoisotopic (exact) mass is 414 g/mol. The number of ether oxygens (including phenoxy) is 2. The fourth-order valence-corrected chi connectivity index (χ4v) is 3.27. The van der Waals surface area contributed by atoms with Crippen LogP contribution in [0.15, 0.2) is 12.2 Å². The van der Waals surface area contributed by atoms with Crippen LogP contribution in [-0.2, 0) is 16.1 Å². The van der Waals surface area contributed by atoms with Gasteiger partial charge in [-0.3, -0.25) is 4.79 Å². The predicted molar refractivity (Wildman–Crippen MR) is 83.2 cm³/mol. The largest absolute Gasteiger partial charge is 0.420 e. The Hall–Kier alpha value is -2.10. The van der Waals surface area contributed by atoms with Crippen LogP contribution in [0.5, 0.6) is 5.75 Å². The summed E-state index contributed by atoms with van der Waals surface area (Å²) in [6.07, 6.45) is -3.93. The maximum absolute atomic E-state index is 14.1. The summed E-state index contributed by atoms with van der Waals surface area (Å²) in [6, 6.07) is 0. The van der Waals surface area contributed by atoms with Crippen LogP contribution in [0.25, 0.3) is 0 Å². The maximum atomic E-state index is 14.1. The number of esters is 1. The predicted octanol–water partition coefficient (Wildman–Crippen LogP) is 5.08. The van der Waals surface area contributed by atoms with Crippen molar-refractivity contribution in [3.8, 4) is 5.75 Å². The van der Waals surface area contributed by atoms with Crippen molar-refractivity contribution in [2.45, 2.75) is 33.6 Å². The van der Waals surface area contributed by atoms with Crippen molar-refractivity contribution in [1.82, 2.24) is 0 Å². The summed E-state index contributed by atoms with van der Waals surface area (Å²) in [6.45, 7) is 3.38. The van der Waals surface area contributed by atoms with Gasteiger partial charge in [0.25, 0.3) is 0 Å². The molecule has 10 heteroatoms. The second-order valence-corrected chi connectivity index (χ2v) is 7.19. The van der Waals surface area contributed by atoms with Crippen LogP contribution in [0.2, 0.25) is 0 Å². The second kappa shape index (κ2) is 7.06. The van der Waals surface area contributed by atoms with Gasteiger partial charge in [0.2, 0.25) is 17.4 Å². The lowest BCUT2D eigenvalue weighted by atomic mass is 9.98. The molecule has 1 aromatic rings. The first kappa shape index (κ1) is 22.2. The van der Waals surface area contributed by atoms with Crippen molar-refractivity contribution in [2.75, 3.05) is 7.11 Å². The highest BCUT2D eigenvalue weighted by atomic mass is 19.4. The van der Waals surface area contributed by atoms with E-state index in [0.717, 1.165) is 13.2 Å². The number of hydrogen-bond acceptors (Lipinski definition) is 3. The summed E-state index contributed by atoms with van der Waals surface area (Å²) in [5.41, 5.74) is -3.67. The summed E-state index contributed by atoms with van der Waals surface area (Å²) >= 11 is 0. The Morgan fingerprint density at radius 3 is 1.96 bits per heavy atom. The van der Waals surface area contributed by atoms with Crippen molar-refractivity contribution in [1.29, 1.82) is 0 Å². The molecule has 1 aromatic carbocycles. The van der Waals surface area contributed by atoms with Crippen molar-refractivity contribution in [2.24, 2.45) is 16.7 Å². The molecule has 1 saturated carbocycles. The molecule has 0 spiro atoms. The number of alkyl halides is 3. The fourth-order valence-electron chi connectivity index (χ4n) is 3.27. The average Bonchev–Trinajstić information content (AvgIpc) is 3.04. The minimum Gasteiger partial charge on any atom is -0.420 e. The molecule has 1 aliphatic rings. The zero-order valence-electron chi connectivity index (χ0n) is 15.3. The molecule has 2 unspecified atom stereocenters. The molecule has 3 nitrogen and oxygen atoms in total. The molecular formula is C18H17F7O3. The van der Waals surface area contributed by atoms with E-state index in [9.17, 15) is 35.5 Å². The van der Waals surface area contributed by atoms with Crippen LogP contribution < -0.4 is 4.74 Å². The third kappa shape index (κ3) is 3.49. The molecule has 0 bridgehead atoms. The Bertz CT molecular complexity index is 800. The Morgan fingerprint density at radius 2 is 1.54 bits per heavy atom. The molecule has 0 N–H and O–H groups in total. The number of methoxy groups -OCH3 is 1. The molecular weight excluding hydrogens is 397 g/mol. The Labute approximate surface area is 156 Å². The highest BCUT2D eigenvalue weighted by Crippen LogP contribution is 2.70. The van der Waals surface area contributed by atoms with E-state index >= 15 is 0 Å². The summed E-state index contributed by atoms with van der Waals surface area (Å²) < 4.78 is 102. The Balaban J connectivity index is 2.37. The van der Waals surface area contributed by atoms with Crippen LogP contribution in [0.1, 0.15) is 26.3 Å². The molecule has 0 aromatic heterocycles. The first-order chi connectivity index (χ1) is 12.7. The Morgan fingerprint density at radius 1 is 1.04 bits per heavy atom. The van der Waals surface area contributed by atoms with Gasteiger partial charge in [0, 0.05) is 13.2 Å². The van der Waals surface area contributed by atoms with Crippen LogP contribution in [0.3, 0.4) is 0 Å². The molecule has 1 aliphatic carbocycles. The van der Waals surface area contributed by atoms with Crippen molar-refractivity contribution in [3.63, 3.8) is 0 Å². The molecule has 28 heavy (non-hydrogen) atoms. The number of carbonyl (C=O) groups excluding carboxylic acids is 1. The molecule has 0 amide bonds. The quantitative estimate of drug-likeness (QED) is 0.222. The van der Waals surface area contributed by atoms with E-state index in [-0.39, 0.29) is 6.08 Å². The summed E-state index contributed by atoms with van der Waals surface area (Å²) in [7, 11) is 1.05. The molecule has 2 rings (SSSR count). The lowest BCUT2D eigenvalue weighted by Gasteiger charge is -2.16. The lowest BCUT2D eigenvalue weighted by Crippen LogP contribution is -2.25. The van der Waals surface area contributed by atoms with E-state index in [0.29, 0.717) is 0 Å². The van der Waals surface area contributed by atoms with E-state index in [1.807, 2.05) is 0 Å². The van der Waals surface area contributed by atoms with Gasteiger partial charge in [-0.05, 0) is 18.3 Å². The SMILES string of the molecule is COCc1c(F)c(F)c(OC(=O)C2(C)C(/C=C\C(F)(F)F)C2(C)C)c(F)c1F. The van der Waals surface area contributed by atoms with Gasteiger partial charge >= 0.3 is 12.1 Å². The van der Waals surface area contributed by atoms with Gasteiger partial charge in [-0.15, -0.1) is 0 Å². The Kier molecular flexibility index (Phi) is 5.59. The number of hydrogen-bond donors (Lipinski definition) is 0. The van der Waals surface area contributed by atoms with E-state index in [4.69, 9.17) is 0 Å². The highest BCUT2D eigenvalue weighted by Gasteiger charge is 2.72. The smallest absolute Gasteiger partial charge is 0.409 e. The molecule has 0 saturated heterocycles. The van der Waals surface area contributed by atoms with Gasteiger partial charge in [0.15, 0.2) is 11.6 Å². The van der Waals surface area contributed by atoms with Crippen molar-refractivity contribution >= 4 is 5.97 Å². The number of benzene rings is 1. The molecule has 156 valence electrons. The minimum atomic E-state index is -4.62. The summed E-state index contributed by atoms with van der Waals surface area (Å²) in [5.74, 6) is -11.3. The third-order valence-electron chi connectivity index (χ3n) is 5.35. The van der Waals surface area contributed by atoms with Crippen LogP contribution in [0.4, 0.5) is 30.7 Å². The van der Waals surface area contributed by atoms with Crippen LogP contribution >= 0.6 is 0 Å². The third-order valence-corrected chi connectivity index (χ3v) is 5.35. The van der Waals surface area contributed by atoms with Crippen molar-refractivity contribution in [3.05, 3.63) is 41.0 Å². The number of rotatable bonds is 5. The highest BCUT2D eigenvalue weighted by molar-refractivity contribution is 5.85. The zero-order chi connectivity index (χ0) is 21.7. The molecule has 1 fully saturated rings.